The first-order valence-corrected chi connectivity index (χ1v) is 11.6. The van der Waals surface area contributed by atoms with Gasteiger partial charge in [-0.25, -0.2) is 19.7 Å². The van der Waals surface area contributed by atoms with E-state index in [0.717, 1.165) is 50.1 Å². The van der Waals surface area contributed by atoms with Gasteiger partial charge in [-0.2, -0.15) is 0 Å². The Hall–Kier alpha value is -2.26. The van der Waals surface area contributed by atoms with E-state index in [-0.39, 0.29) is 5.97 Å². The van der Waals surface area contributed by atoms with Crippen LogP contribution >= 0.6 is 11.3 Å². The SMILES string of the molecule is CCOC(=O)c1sc(N2CCC[C@@H](C)C2)nc1-c1cnc(N2CCN[C@H](C)C2)cn1. The number of thiazole rings is 1. The van der Waals surface area contributed by atoms with Crippen molar-refractivity contribution in [2.75, 3.05) is 49.1 Å². The summed E-state index contributed by atoms with van der Waals surface area (Å²) in [6.07, 6.45) is 5.88. The van der Waals surface area contributed by atoms with Gasteiger partial charge in [0.2, 0.25) is 0 Å². The number of carbonyl (C=O) groups is 1. The van der Waals surface area contributed by atoms with Gasteiger partial charge in [-0.05, 0) is 32.6 Å². The monoisotopic (exact) mass is 430 g/mol. The molecule has 0 aliphatic carbocycles. The number of nitrogens with zero attached hydrogens (tertiary/aromatic N) is 5. The highest BCUT2D eigenvalue weighted by molar-refractivity contribution is 7.17. The second-order valence-electron chi connectivity index (χ2n) is 8.15. The number of hydrogen-bond donors (Lipinski definition) is 1. The van der Waals surface area contributed by atoms with E-state index >= 15 is 0 Å². The molecule has 2 atom stereocenters. The molecule has 162 valence electrons. The van der Waals surface area contributed by atoms with Crippen molar-refractivity contribution in [3.05, 3.63) is 17.3 Å². The van der Waals surface area contributed by atoms with Gasteiger partial charge in [0, 0.05) is 38.8 Å². The van der Waals surface area contributed by atoms with E-state index in [1.54, 1.807) is 12.4 Å². The third-order valence-corrected chi connectivity index (χ3v) is 6.67. The summed E-state index contributed by atoms with van der Waals surface area (Å²) in [5.74, 6) is 1.13. The average molecular weight is 431 g/mol. The fourth-order valence-electron chi connectivity index (χ4n) is 4.06. The minimum Gasteiger partial charge on any atom is -0.462 e. The molecule has 4 rings (SSSR count). The molecular formula is C21H30N6O2S. The normalized spacial score (nSPS) is 22.2. The maximum absolute atomic E-state index is 12.6. The van der Waals surface area contributed by atoms with Crippen molar-refractivity contribution in [3.8, 4) is 11.4 Å². The molecule has 0 radical (unpaired) electrons. The Labute approximate surface area is 181 Å². The van der Waals surface area contributed by atoms with Crippen LogP contribution in [0.4, 0.5) is 10.9 Å². The van der Waals surface area contributed by atoms with Crippen molar-refractivity contribution in [2.45, 2.75) is 39.7 Å². The Morgan fingerprint density at radius 2 is 2.10 bits per heavy atom. The van der Waals surface area contributed by atoms with E-state index in [4.69, 9.17) is 9.72 Å². The first-order valence-electron chi connectivity index (χ1n) is 10.8. The minimum atomic E-state index is -0.344. The fraction of sp³-hybridized carbons (Fsp3) is 0.619. The van der Waals surface area contributed by atoms with Crippen LogP contribution in [0, 0.1) is 5.92 Å². The zero-order valence-electron chi connectivity index (χ0n) is 17.9. The smallest absolute Gasteiger partial charge is 0.350 e. The average Bonchev–Trinajstić information content (AvgIpc) is 3.20. The van der Waals surface area contributed by atoms with Gasteiger partial charge < -0.3 is 19.9 Å². The number of rotatable bonds is 5. The van der Waals surface area contributed by atoms with Gasteiger partial charge in [0.05, 0.1) is 19.0 Å². The second-order valence-corrected chi connectivity index (χ2v) is 9.13. The molecule has 2 fully saturated rings. The molecule has 0 aromatic carbocycles. The molecule has 0 unspecified atom stereocenters. The van der Waals surface area contributed by atoms with Crippen LogP contribution in [-0.4, -0.2) is 66.3 Å². The highest BCUT2D eigenvalue weighted by atomic mass is 32.1. The van der Waals surface area contributed by atoms with Gasteiger partial charge in [-0.3, -0.25) is 0 Å². The molecule has 1 N–H and O–H groups in total. The molecule has 2 aliphatic rings. The van der Waals surface area contributed by atoms with Crippen molar-refractivity contribution >= 4 is 28.3 Å². The number of piperazine rings is 1. The molecule has 4 heterocycles. The summed E-state index contributed by atoms with van der Waals surface area (Å²) in [6, 6.07) is 0.420. The van der Waals surface area contributed by atoms with Crippen LogP contribution in [0.25, 0.3) is 11.4 Å². The van der Waals surface area contributed by atoms with E-state index in [9.17, 15) is 4.79 Å². The Balaban J connectivity index is 1.62. The lowest BCUT2D eigenvalue weighted by Crippen LogP contribution is -2.49. The van der Waals surface area contributed by atoms with Crippen molar-refractivity contribution in [3.63, 3.8) is 0 Å². The summed E-state index contributed by atoms with van der Waals surface area (Å²) < 4.78 is 5.29. The molecule has 0 spiro atoms. The van der Waals surface area contributed by atoms with Gasteiger partial charge in [-0.15, -0.1) is 0 Å². The molecule has 0 bridgehead atoms. The van der Waals surface area contributed by atoms with E-state index in [0.29, 0.717) is 34.8 Å². The fourth-order valence-corrected chi connectivity index (χ4v) is 5.07. The summed E-state index contributed by atoms with van der Waals surface area (Å²) in [6.45, 7) is 11.2. The number of esters is 1. The first kappa shape index (κ1) is 21.0. The lowest BCUT2D eigenvalue weighted by atomic mass is 10.0. The van der Waals surface area contributed by atoms with Crippen molar-refractivity contribution in [1.29, 1.82) is 0 Å². The summed E-state index contributed by atoms with van der Waals surface area (Å²) in [5, 5.41) is 4.30. The molecule has 9 heteroatoms. The molecule has 2 saturated heterocycles. The number of ether oxygens (including phenoxy) is 1. The van der Waals surface area contributed by atoms with E-state index in [1.807, 2.05) is 6.92 Å². The number of hydrogen-bond acceptors (Lipinski definition) is 9. The molecule has 2 aromatic rings. The van der Waals surface area contributed by atoms with Crippen LogP contribution in [0.2, 0.25) is 0 Å². The molecule has 2 aromatic heterocycles. The van der Waals surface area contributed by atoms with Crippen molar-refractivity contribution in [1.82, 2.24) is 20.3 Å². The minimum absolute atomic E-state index is 0.331. The molecule has 8 nitrogen and oxygen atoms in total. The summed E-state index contributed by atoms with van der Waals surface area (Å²) >= 11 is 1.40. The van der Waals surface area contributed by atoms with Crippen LogP contribution in [0.15, 0.2) is 12.4 Å². The van der Waals surface area contributed by atoms with Gasteiger partial charge in [0.25, 0.3) is 0 Å². The summed E-state index contributed by atoms with van der Waals surface area (Å²) in [5.41, 5.74) is 1.18. The third-order valence-electron chi connectivity index (χ3n) is 5.58. The molecule has 0 amide bonds. The highest BCUT2D eigenvalue weighted by Crippen LogP contribution is 2.35. The molecule has 0 saturated carbocycles. The third kappa shape index (κ3) is 4.57. The van der Waals surface area contributed by atoms with E-state index in [2.05, 4.69) is 38.9 Å². The molecular weight excluding hydrogens is 400 g/mol. The predicted octanol–water partition coefficient (Wildman–Crippen LogP) is 2.81. The van der Waals surface area contributed by atoms with Crippen LogP contribution in [0.3, 0.4) is 0 Å². The lowest BCUT2D eigenvalue weighted by molar-refractivity contribution is 0.0532. The van der Waals surface area contributed by atoms with E-state index in [1.165, 1.54) is 17.8 Å². The predicted molar refractivity (Wildman–Crippen MR) is 119 cm³/mol. The topological polar surface area (TPSA) is 83.5 Å². The standard InChI is InChI=1S/C21H30N6O2S/c1-4-29-20(28)19-18(25-21(30-19)27-8-5-6-14(2)12-27)16-10-24-17(11-23-16)26-9-7-22-15(3)13-26/h10-11,14-15,22H,4-9,12-13H2,1-3H3/t14-,15-/m1/s1. The molecule has 2 aliphatic heterocycles. The lowest BCUT2D eigenvalue weighted by Gasteiger charge is -2.32. The largest absolute Gasteiger partial charge is 0.462 e. The Kier molecular flexibility index (Phi) is 6.48. The number of aromatic nitrogens is 3. The zero-order chi connectivity index (χ0) is 21.1. The van der Waals surface area contributed by atoms with Crippen LogP contribution in [0.5, 0.6) is 0 Å². The maximum Gasteiger partial charge on any atom is 0.350 e. The van der Waals surface area contributed by atoms with Gasteiger partial charge in [0.1, 0.15) is 22.1 Å². The number of anilines is 2. The van der Waals surface area contributed by atoms with Gasteiger partial charge in [0.15, 0.2) is 5.13 Å². The van der Waals surface area contributed by atoms with Crippen molar-refractivity contribution in [2.24, 2.45) is 5.92 Å². The highest BCUT2D eigenvalue weighted by Gasteiger charge is 2.26. The Morgan fingerprint density at radius 3 is 2.80 bits per heavy atom. The summed E-state index contributed by atoms with van der Waals surface area (Å²) in [4.78, 5) is 31.7. The Bertz CT molecular complexity index is 871. The van der Waals surface area contributed by atoms with Gasteiger partial charge in [-0.1, -0.05) is 18.3 Å². The number of carbonyl (C=O) groups excluding carboxylic acids is 1. The number of piperidine rings is 1. The van der Waals surface area contributed by atoms with Crippen LogP contribution in [0.1, 0.15) is 43.3 Å². The zero-order valence-corrected chi connectivity index (χ0v) is 18.7. The number of nitrogens with one attached hydrogen (secondary N) is 1. The Morgan fingerprint density at radius 1 is 1.23 bits per heavy atom. The maximum atomic E-state index is 12.6. The van der Waals surface area contributed by atoms with Crippen molar-refractivity contribution < 1.29 is 9.53 Å². The summed E-state index contributed by atoms with van der Waals surface area (Å²) in [7, 11) is 0. The van der Waals surface area contributed by atoms with Crippen LogP contribution < -0.4 is 15.1 Å². The van der Waals surface area contributed by atoms with E-state index < -0.39 is 0 Å². The quantitative estimate of drug-likeness (QED) is 0.725. The van der Waals surface area contributed by atoms with Crippen LogP contribution in [-0.2, 0) is 4.74 Å². The van der Waals surface area contributed by atoms with Gasteiger partial charge >= 0.3 is 5.97 Å². The first-order chi connectivity index (χ1) is 14.5. The second kappa shape index (κ2) is 9.26. The molecule has 30 heavy (non-hydrogen) atoms.